The van der Waals surface area contributed by atoms with Gasteiger partial charge < -0.3 is 15.6 Å². The summed E-state index contributed by atoms with van der Waals surface area (Å²) in [6.07, 6.45) is -0.424. The summed E-state index contributed by atoms with van der Waals surface area (Å²) in [5, 5.41) is 9.76. The van der Waals surface area contributed by atoms with Crippen molar-refractivity contribution in [3.63, 3.8) is 0 Å². The second-order valence-electron chi connectivity index (χ2n) is 4.42. The summed E-state index contributed by atoms with van der Waals surface area (Å²) in [6.45, 7) is -2.80. The van der Waals surface area contributed by atoms with E-state index in [2.05, 4.69) is 0 Å². The number of nitrogens with two attached hydrogens (primary N) is 1. The molecule has 5 nitrogen and oxygen atoms in total. The van der Waals surface area contributed by atoms with Gasteiger partial charge >= 0.3 is 0 Å². The van der Waals surface area contributed by atoms with Crippen LogP contribution in [0.4, 0.5) is 5.69 Å². The lowest BCUT2D eigenvalue weighted by molar-refractivity contribution is 0.0788. The number of sulfone groups is 1. The highest BCUT2D eigenvalue weighted by Gasteiger charge is 2.44. The van der Waals surface area contributed by atoms with Crippen molar-refractivity contribution in [2.45, 2.75) is 29.3 Å². The Balaban J connectivity index is 2.74. The number of rotatable bonds is 2. The summed E-state index contributed by atoms with van der Waals surface area (Å²) in [4.78, 5) is -0.632. The topological polar surface area (TPSA) is 89.6 Å². The zero-order valence-electron chi connectivity index (χ0n) is 13.0. The average Bonchev–Trinajstić information content (AvgIpc) is 2.42. The molecular weight excluding hydrogens is 290 g/mol. The standard InChI is InChI=1S/C12H16ClNO4S/c1-12(4-6-18-7-5-12)19(16,17)11-8(13)2-3-9(14)10(11)15/h2-3,15H,4-7,14H2,1H3/i1D3. The lowest BCUT2D eigenvalue weighted by Gasteiger charge is -2.33. The molecule has 1 saturated heterocycles. The lowest BCUT2D eigenvalue weighted by atomic mass is 10.0. The summed E-state index contributed by atoms with van der Waals surface area (Å²) < 4.78 is 52.3. The van der Waals surface area contributed by atoms with Gasteiger partial charge in [0.1, 0.15) is 4.90 Å². The number of ether oxygens (including phenoxy) is 1. The number of benzene rings is 1. The SMILES string of the molecule is [2H]C([2H])([2H])C1(S(=O)(=O)c2c(Cl)ccc(N)c2O)CCOCC1. The minimum Gasteiger partial charge on any atom is -0.504 e. The number of phenols is 1. The summed E-state index contributed by atoms with van der Waals surface area (Å²) in [5.41, 5.74) is 5.35. The van der Waals surface area contributed by atoms with Gasteiger partial charge in [0.2, 0.25) is 0 Å². The molecule has 0 saturated carbocycles. The molecule has 0 bridgehead atoms. The van der Waals surface area contributed by atoms with E-state index in [1.165, 1.54) is 12.1 Å². The first kappa shape index (κ1) is 10.8. The summed E-state index contributed by atoms with van der Waals surface area (Å²) in [7, 11) is -4.47. The van der Waals surface area contributed by atoms with Gasteiger partial charge in [0.25, 0.3) is 0 Å². The van der Waals surface area contributed by atoms with Crippen molar-refractivity contribution in [1.82, 2.24) is 0 Å². The fourth-order valence-corrected chi connectivity index (χ4v) is 4.23. The monoisotopic (exact) mass is 308 g/mol. The van der Waals surface area contributed by atoms with E-state index in [0.717, 1.165) is 0 Å². The molecule has 1 aromatic rings. The van der Waals surface area contributed by atoms with Gasteiger partial charge in [0.05, 0.1) is 15.5 Å². The van der Waals surface area contributed by atoms with E-state index in [1.807, 2.05) is 0 Å². The highest BCUT2D eigenvalue weighted by Crippen LogP contribution is 2.43. The normalized spacial score (nSPS) is 22.3. The van der Waals surface area contributed by atoms with E-state index in [-0.39, 0.29) is 36.8 Å². The van der Waals surface area contributed by atoms with Crippen LogP contribution in [0.5, 0.6) is 5.75 Å². The van der Waals surface area contributed by atoms with Gasteiger partial charge in [-0.25, -0.2) is 8.42 Å². The third-order valence-electron chi connectivity index (χ3n) is 3.20. The van der Waals surface area contributed by atoms with Crippen LogP contribution in [0.2, 0.25) is 5.02 Å². The van der Waals surface area contributed by atoms with Crippen LogP contribution in [0.3, 0.4) is 0 Å². The van der Waals surface area contributed by atoms with Crippen LogP contribution in [0, 0.1) is 0 Å². The van der Waals surface area contributed by atoms with Crippen molar-refractivity contribution >= 4 is 27.1 Å². The van der Waals surface area contributed by atoms with E-state index >= 15 is 0 Å². The molecule has 1 aromatic carbocycles. The maximum Gasteiger partial charge on any atom is 0.189 e. The van der Waals surface area contributed by atoms with Gasteiger partial charge in [-0.1, -0.05) is 11.6 Å². The Hall–Kier alpha value is -0.980. The summed E-state index contributed by atoms with van der Waals surface area (Å²) in [6, 6.07) is 2.47. The summed E-state index contributed by atoms with van der Waals surface area (Å²) in [5.74, 6) is -0.720. The van der Waals surface area contributed by atoms with Crippen LogP contribution in [0.1, 0.15) is 23.8 Å². The maximum absolute atomic E-state index is 13.0. The molecule has 106 valence electrons. The number of hydrogen-bond donors (Lipinski definition) is 2. The number of phenolic OH excluding ortho intramolecular Hbond substituents is 1. The highest BCUT2D eigenvalue weighted by atomic mass is 35.5. The van der Waals surface area contributed by atoms with Crippen molar-refractivity contribution in [3.05, 3.63) is 17.2 Å². The number of nitrogen functional groups attached to an aromatic ring is 1. The molecule has 0 radical (unpaired) electrons. The van der Waals surface area contributed by atoms with Crippen LogP contribution in [-0.4, -0.2) is 31.5 Å². The van der Waals surface area contributed by atoms with E-state index in [0.29, 0.717) is 0 Å². The minimum absolute atomic E-state index is 0.00167. The Kier molecular flexibility index (Phi) is 2.75. The first-order valence-corrected chi connectivity index (χ1v) is 7.50. The predicted molar refractivity (Wildman–Crippen MR) is 73.2 cm³/mol. The third-order valence-corrected chi connectivity index (χ3v) is 6.01. The van der Waals surface area contributed by atoms with Crippen LogP contribution >= 0.6 is 11.6 Å². The second kappa shape index (κ2) is 4.85. The lowest BCUT2D eigenvalue weighted by Crippen LogP contribution is -2.41. The maximum atomic E-state index is 13.0. The molecule has 1 aliphatic heterocycles. The van der Waals surface area contributed by atoms with Crippen molar-refractivity contribution < 1.29 is 22.4 Å². The zero-order chi connectivity index (χ0) is 16.8. The molecule has 0 aliphatic carbocycles. The first-order chi connectivity index (χ1) is 10.0. The molecule has 0 spiro atoms. The zero-order valence-corrected chi connectivity index (χ0v) is 11.6. The molecule has 3 N–H and O–H groups in total. The van der Waals surface area contributed by atoms with E-state index in [4.69, 9.17) is 26.2 Å². The molecule has 0 unspecified atom stereocenters. The van der Waals surface area contributed by atoms with Crippen molar-refractivity contribution in [2.24, 2.45) is 0 Å². The molecular formula is C12H16ClNO4S. The largest absolute Gasteiger partial charge is 0.504 e. The van der Waals surface area contributed by atoms with Crippen molar-refractivity contribution in [2.75, 3.05) is 18.9 Å². The Morgan fingerprint density at radius 2 is 2.11 bits per heavy atom. The van der Waals surface area contributed by atoms with Gasteiger partial charge in [-0.05, 0) is 31.8 Å². The van der Waals surface area contributed by atoms with Crippen LogP contribution < -0.4 is 5.73 Å². The molecule has 19 heavy (non-hydrogen) atoms. The predicted octanol–water partition coefficient (Wildman–Crippen LogP) is 1.97. The average molecular weight is 309 g/mol. The molecule has 2 rings (SSSR count). The van der Waals surface area contributed by atoms with E-state index in [1.54, 1.807) is 0 Å². The van der Waals surface area contributed by atoms with Crippen LogP contribution in [0.25, 0.3) is 0 Å². The molecule has 1 aliphatic rings. The van der Waals surface area contributed by atoms with Crippen molar-refractivity contribution in [3.8, 4) is 5.75 Å². The fourth-order valence-electron chi connectivity index (χ4n) is 1.98. The Morgan fingerprint density at radius 3 is 2.68 bits per heavy atom. The Bertz CT molecular complexity index is 684. The smallest absolute Gasteiger partial charge is 0.189 e. The first-order valence-electron chi connectivity index (χ1n) is 7.14. The van der Waals surface area contributed by atoms with E-state index in [9.17, 15) is 13.5 Å². The molecule has 1 heterocycles. The summed E-state index contributed by atoms with van der Waals surface area (Å²) >= 11 is 5.91. The van der Waals surface area contributed by atoms with Crippen LogP contribution in [0.15, 0.2) is 17.0 Å². The van der Waals surface area contributed by atoms with Crippen LogP contribution in [-0.2, 0) is 14.6 Å². The Labute approximate surface area is 121 Å². The number of halogens is 1. The molecule has 7 heteroatoms. The van der Waals surface area contributed by atoms with Gasteiger partial charge in [0, 0.05) is 17.3 Å². The minimum atomic E-state index is -4.47. The number of hydrogen-bond acceptors (Lipinski definition) is 5. The van der Waals surface area contributed by atoms with Gasteiger partial charge in [0.15, 0.2) is 15.6 Å². The number of anilines is 1. The third kappa shape index (κ3) is 2.28. The Morgan fingerprint density at radius 1 is 1.47 bits per heavy atom. The molecule has 0 atom stereocenters. The van der Waals surface area contributed by atoms with Crippen molar-refractivity contribution in [1.29, 1.82) is 0 Å². The van der Waals surface area contributed by atoms with E-state index < -0.39 is 32.1 Å². The van der Waals surface area contributed by atoms with Gasteiger partial charge in [-0.3, -0.25) is 0 Å². The fraction of sp³-hybridized carbons (Fsp3) is 0.500. The second-order valence-corrected chi connectivity index (χ2v) is 7.03. The molecule has 1 fully saturated rings. The molecule has 0 aromatic heterocycles. The van der Waals surface area contributed by atoms with Gasteiger partial charge in [-0.2, -0.15) is 0 Å². The van der Waals surface area contributed by atoms with Gasteiger partial charge in [-0.15, -0.1) is 0 Å². The molecule has 0 amide bonds. The highest BCUT2D eigenvalue weighted by molar-refractivity contribution is 7.93. The number of aromatic hydroxyl groups is 1. The quantitative estimate of drug-likeness (QED) is 0.644.